The van der Waals surface area contributed by atoms with Crippen molar-refractivity contribution in [1.82, 2.24) is 0 Å². The Bertz CT molecular complexity index is 428. The Hall–Kier alpha value is -1.51. The first-order valence-corrected chi connectivity index (χ1v) is 9.74. The van der Waals surface area contributed by atoms with Crippen LogP contribution in [0.4, 0.5) is 5.69 Å². The van der Waals surface area contributed by atoms with Gasteiger partial charge in [0, 0.05) is 18.7 Å². The molecule has 0 heterocycles. The Morgan fingerprint density at radius 3 is 2.17 bits per heavy atom. The van der Waals surface area contributed by atoms with Gasteiger partial charge in [0.25, 0.3) is 0 Å². The maximum Gasteiger partial charge on any atom is 0.306 e. The lowest BCUT2D eigenvalue weighted by Crippen LogP contribution is -2.05. The van der Waals surface area contributed by atoms with Crippen LogP contribution in [0.5, 0.6) is 0 Å². The first-order chi connectivity index (χ1) is 11.8. The highest BCUT2D eigenvalue weighted by Gasteiger charge is 2.02. The number of carbonyl (C=O) groups is 1. The van der Waals surface area contributed by atoms with Gasteiger partial charge in [0.2, 0.25) is 0 Å². The minimum absolute atomic E-state index is 0.116. The van der Waals surface area contributed by atoms with Crippen LogP contribution >= 0.6 is 0 Å². The van der Waals surface area contributed by atoms with E-state index in [0.29, 0.717) is 13.0 Å². The van der Waals surface area contributed by atoms with Crippen molar-refractivity contribution in [3.05, 3.63) is 29.8 Å². The van der Waals surface area contributed by atoms with Crippen LogP contribution in [0, 0.1) is 0 Å². The number of anilines is 1. The summed E-state index contributed by atoms with van der Waals surface area (Å²) < 4.78 is 4.95. The van der Waals surface area contributed by atoms with Crippen LogP contribution in [0.3, 0.4) is 0 Å². The number of hydrogen-bond acceptors (Lipinski definition) is 3. The smallest absolute Gasteiger partial charge is 0.306 e. The second-order valence-corrected chi connectivity index (χ2v) is 6.40. The van der Waals surface area contributed by atoms with Gasteiger partial charge >= 0.3 is 5.97 Å². The number of ether oxygens (including phenoxy) is 1. The molecular formula is C21H35NO2. The third kappa shape index (κ3) is 10.3. The van der Waals surface area contributed by atoms with Crippen molar-refractivity contribution in [3.63, 3.8) is 0 Å². The van der Waals surface area contributed by atoms with Gasteiger partial charge in [-0.2, -0.15) is 0 Å². The Kier molecular flexibility index (Phi) is 11.9. The van der Waals surface area contributed by atoms with E-state index in [1.54, 1.807) is 0 Å². The van der Waals surface area contributed by atoms with E-state index in [1.807, 2.05) is 6.92 Å². The fourth-order valence-electron chi connectivity index (χ4n) is 2.76. The molecule has 0 aliphatic carbocycles. The number of carbonyl (C=O) groups excluding carboxylic acids is 1. The molecule has 0 atom stereocenters. The Morgan fingerprint density at radius 1 is 0.917 bits per heavy atom. The summed E-state index contributed by atoms with van der Waals surface area (Å²) in [5.74, 6) is -0.116. The summed E-state index contributed by atoms with van der Waals surface area (Å²) in [5, 5.41) is 3.48. The van der Waals surface area contributed by atoms with Crippen LogP contribution in [-0.2, 0) is 16.0 Å². The second-order valence-electron chi connectivity index (χ2n) is 6.40. The summed E-state index contributed by atoms with van der Waals surface area (Å²) in [6, 6.07) is 8.39. The van der Waals surface area contributed by atoms with Gasteiger partial charge in [0.05, 0.1) is 6.61 Å². The zero-order valence-electron chi connectivity index (χ0n) is 15.6. The molecule has 0 spiro atoms. The third-order valence-corrected chi connectivity index (χ3v) is 4.24. The maximum atomic E-state index is 11.3. The molecule has 0 saturated carbocycles. The van der Waals surface area contributed by atoms with E-state index in [0.717, 1.165) is 18.7 Å². The first-order valence-electron chi connectivity index (χ1n) is 9.74. The van der Waals surface area contributed by atoms with Gasteiger partial charge < -0.3 is 10.1 Å². The molecule has 24 heavy (non-hydrogen) atoms. The van der Waals surface area contributed by atoms with E-state index < -0.39 is 0 Å². The lowest BCUT2D eigenvalue weighted by molar-refractivity contribution is -0.143. The van der Waals surface area contributed by atoms with Crippen LogP contribution in [0.25, 0.3) is 0 Å². The second kappa shape index (κ2) is 13.9. The lowest BCUT2D eigenvalue weighted by atomic mass is 10.1. The number of hydrogen-bond donors (Lipinski definition) is 1. The highest BCUT2D eigenvalue weighted by atomic mass is 16.5. The summed E-state index contributed by atoms with van der Waals surface area (Å²) in [5.41, 5.74) is 2.35. The van der Waals surface area contributed by atoms with E-state index in [4.69, 9.17) is 4.74 Å². The summed E-state index contributed by atoms with van der Waals surface area (Å²) in [7, 11) is 0. The Balaban J connectivity index is 2.06. The minimum Gasteiger partial charge on any atom is -0.466 e. The predicted molar refractivity (Wildman–Crippen MR) is 102 cm³/mol. The molecule has 1 N–H and O–H groups in total. The molecule has 3 nitrogen and oxygen atoms in total. The molecule has 1 rings (SSSR count). The molecule has 136 valence electrons. The highest BCUT2D eigenvalue weighted by Crippen LogP contribution is 2.12. The number of unbranched alkanes of at least 4 members (excludes halogenated alkanes) is 7. The van der Waals surface area contributed by atoms with E-state index >= 15 is 0 Å². The molecule has 0 amide bonds. The van der Waals surface area contributed by atoms with Gasteiger partial charge in [-0.3, -0.25) is 4.79 Å². The van der Waals surface area contributed by atoms with Crippen molar-refractivity contribution in [1.29, 1.82) is 0 Å². The van der Waals surface area contributed by atoms with Gasteiger partial charge in [-0.15, -0.1) is 0 Å². The SMILES string of the molecule is CCCCCCCCCCNc1ccc(CCC(=O)OCC)cc1. The molecule has 1 aromatic carbocycles. The summed E-state index contributed by atoms with van der Waals surface area (Å²) in [6.45, 7) is 5.60. The number of aryl methyl sites for hydroxylation is 1. The molecule has 0 aromatic heterocycles. The van der Waals surface area contributed by atoms with Crippen molar-refractivity contribution in [2.75, 3.05) is 18.5 Å². The zero-order chi connectivity index (χ0) is 17.5. The summed E-state index contributed by atoms with van der Waals surface area (Å²) in [6.07, 6.45) is 12.0. The molecule has 0 unspecified atom stereocenters. The van der Waals surface area contributed by atoms with Crippen molar-refractivity contribution >= 4 is 11.7 Å². The van der Waals surface area contributed by atoms with E-state index in [2.05, 4.69) is 36.5 Å². The average Bonchev–Trinajstić information content (AvgIpc) is 2.60. The molecule has 0 saturated heterocycles. The number of esters is 1. The van der Waals surface area contributed by atoms with Crippen LogP contribution in [0.1, 0.15) is 77.2 Å². The van der Waals surface area contributed by atoms with Gasteiger partial charge in [-0.1, -0.05) is 64.0 Å². The molecule has 0 aliphatic rings. The molecular weight excluding hydrogens is 298 g/mol. The molecule has 0 fully saturated rings. The maximum absolute atomic E-state index is 11.3. The van der Waals surface area contributed by atoms with Gasteiger partial charge in [-0.25, -0.2) is 0 Å². The highest BCUT2D eigenvalue weighted by molar-refractivity contribution is 5.69. The van der Waals surface area contributed by atoms with Crippen LogP contribution < -0.4 is 5.32 Å². The monoisotopic (exact) mass is 333 g/mol. The van der Waals surface area contributed by atoms with E-state index in [9.17, 15) is 4.79 Å². The predicted octanol–water partition coefficient (Wildman–Crippen LogP) is 5.73. The van der Waals surface area contributed by atoms with Crippen molar-refractivity contribution in [2.24, 2.45) is 0 Å². The Morgan fingerprint density at radius 2 is 1.54 bits per heavy atom. The van der Waals surface area contributed by atoms with Gasteiger partial charge in [0.1, 0.15) is 0 Å². The summed E-state index contributed by atoms with van der Waals surface area (Å²) in [4.78, 5) is 11.3. The molecule has 0 radical (unpaired) electrons. The quantitative estimate of drug-likeness (QED) is 0.349. The Labute approximate surface area is 148 Å². The standard InChI is InChI=1S/C21H35NO2/c1-3-5-6-7-8-9-10-11-18-22-20-15-12-19(13-16-20)14-17-21(23)24-4-2/h12-13,15-16,22H,3-11,14,17-18H2,1-2H3. The molecule has 0 bridgehead atoms. The van der Waals surface area contributed by atoms with Gasteiger partial charge in [-0.05, 0) is 37.5 Å². The minimum atomic E-state index is -0.116. The number of nitrogens with one attached hydrogen (secondary N) is 1. The van der Waals surface area contributed by atoms with E-state index in [-0.39, 0.29) is 5.97 Å². The lowest BCUT2D eigenvalue weighted by Gasteiger charge is -2.08. The summed E-state index contributed by atoms with van der Waals surface area (Å²) >= 11 is 0. The molecule has 3 heteroatoms. The number of rotatable bonds is 14. The van der Waals surface area contributed by atoms with Crippen molar-refractivity contribution < 1.29 is 9.53 Å². The van der Waals surface area contributed by atoms with Crippen LogP contribution in [-0.4, -0.2) is 19.1 Å². The van der Waals surface area contributed by atoms with Crippen LogP contribution in [0.2, 0.25) is 0 Å². The van der Waals surface area contributed by atoms with Crippen LogP contribution in [0.15, 0.2) is 24.3 Å². The van der Waals surface area contributed by atoms with Gasteiger partial charge in [0.15, 0.2) is 0 Å². The number of benzene rings is 1. The normalized spacial score (nSPS) is 10.6. The zero-order valence-corrected chi connectivity index (χ0v) is 15.6. The first kappa shape index (κ1) is 20.5. The largest absolute Gasteiger partial charge is 0.466 e. The molecule has 1 aromatic rings. The van der Waals surface area contributed by atoms with Crippen molar-refractivity contribution in [2.45, 2.75) is 78.1 Å². The fraction of sp³-hybridized carbons (Fsp3) is 0.667. The van der Waals surface area contributed by atoms with E-state index in [1.165, 1.54) is 56.9 Å². The molecule has 0 aliphatic heterocycles. The topological polar surface area (TPSA) is 38.3 Å². The fourth-order valence-corrected chi connectivity index (χ4v) is 2.76. The third-order valence-electron chi connectivity index (χ3n) is 4.24. The average molecular weight is 334 g/mol. The van der Waals surface area contributed by atoms with Crippen molar-refractivity contribution in [3.8, 4) is 0 Å².